The zero-order valence-corrected chi connectivity index (χ0v) is 8.43. The summed E-state index contributed by atoms with van der Waals surface area (Å²) in [6.45, 7) is 0.318. The molecule has 1 aromatic carbocycles. The molecule has 0 bridgehead atoms. The van der Waals surface area contributed by atoms with Gasteiger partial charge in [0.1, 0.15) is 6.61 Å². The number of benzene rings is 1. The van der Waals surface area contributed by atoms with Crippen LogP contribution < -0.4 is 10.5 Å². The second-order valence-electron chi connectivity index (χ2n) is 3.16. The van der Waals surface area contributed by atoms with Gasteiger partial charge in [-0.3, -0.25) is 0 Å². The summed E-state index contributed by atoms with van der Waals surface area (Å²) in [4.78, 5) is 7.12. The molecular weight excluding hydrogens is 209 g/mol. The molecule has 2 rings (SSSR count). The number of ether oxygens (including phenoxy) is 1. The smallest absolute Gasteiger partial charge is 0.258 e. The van der Waals surface area contributed by atoms with Crippen LogP contribution >= 0.6 is 0 Å². The van der Waals surface area contributed by atoms with E-state index in [4.69, 9.17) is 10.5 Å². The van der Waals surface area contributed by atoms with Crippen LogP contribution in [0.25, 0.3) is 0 Å². The quantitative estimate of drug-likeness (QED) is 0.854. The fourth-order valence-electron chi connectivity index (χ4n) is 1.16. The summed E-state index contributed by atoms with van der Waals surface area (Å²) in [5.41, 5.74) is 6.17. The van der Waals surface area contributed by atoms with Gasteiger partial charge in [-0.1, -0.05) is 30.3 Å². The number of hydrogen-bond donors (Lipinski definition) is 1. The molecule has 16 heavy (non-hydrogen) atoms. The maximum Gasteiger partial charge on any atom is 0.258 e. The highest BCUT2D eigenvalue weighted by molar-refractivity contribution is 5.27. The molecule has 0 atom stereocenters. The fraction of sp³-hybridized carbons (Fsp3) is 0.0909. The van der Waals surface area contributed by atoms with Crippen LogP contribution in [-0.4, -0.2) is 9.97 Å². The Hall–Kier alpha value is -2.17. The third-order valence-corrected chi connectivity index (χ3v) is 1.96. The largest absolute Gasteiger partial charge is 0.472 e. The predicted molar refractivity (Wildman–Crippen MR) is 57.2 cm³/mol. The second kappa shape index (κ2) is 4.57. The molecule has 4 nitrogen and oxygen atoms in total. The Bertz CT molecular complexity index is 476. The van der Waals surface area contributed by atoms with E-state index in [1.807, 2.05) is 30.3 Å². The van der Waals surface area contributed by atoms with E-state index in [2.05, 4.69) is 9.97 Å². The van der Waals surface area contributed by atoms with Gasteiger partial charge in [0.25, 0.3) is 5.95 Å². The Morgan fingerprint density at radius 1 is 1.25 bits per heavy atom. The third-order valence-electron chi connectivity index (χ3n) is 1.96. The van der Waals surface area contributed by atoms with E-state index < -0.39 is 5.95 Å². The van der Waals surface area contributed by atoms with E-state index in [0.717, 1.165) is 5.56 Å². The minimum Gasteiger partial charge on any atom is -0.472 e. The van der Waals surface area contributed by atoms with E-state index in [0.29, 0.717) is 6.61 Å². The van der Waals surface area contributed by atoms with Crippen LogP contribution in [0.1, 0.15) is 5.56 Å². The molecule has 0 aliphatic rings. The van der Waals surface area contributed by atoms with Crippen molar-refractivity contribution in [3.63, 3.8) is 0 Å². The van der Waals surface area contributed by atoms with E-state index in [9.17, 15) is 4.39 Å². The lowest BCUT2D eigenvalue weighted by Crippen LogP contribution is -2.02. The van der Waals surface area contributed by atoms with Crippen molar-refractivity contribution >= 4 is 5.82 Å². The van der Waals surface area contributed by atoms with Gasteiger partial charge in [-0.25, -0.2) is 4.98 Å². The van der Waals surface area contributed by atoms with Crippen molar-refractivity contribution in [2.24, 2.45) is 0 Å². The van der Waals surface area contributed by atoms with Crippen LogP contribution in [0.3, 0.4) is 0 Å². The lowest BCUT2D eigenvalue weighted by atomic mass is 10.2. The van der Waals surface area contributed by atoms with Crippen molar-refractivity contribution < 1.29 is 9.13 Å². The molecule has 0 radical (unpaired) electrons. The normalized spacial score (nSPS) is 10.1. The first-order chi connectivity index (χ1) is 7.75. The van der Waals surface area contributed by atoms with Gasteiger partial charge in [0.15, 0.2) is 5.82 Å². The van der Waals surface area contributed by atoms with Gasteiger partial charge in [0, 0.05) is 0 Å². The summed E-state index contributed by atoms with van der Waals surface area (Å²) in [7, 11) is 0. The zero-order chi connectivity index (χ0) is 11.4. The predicted octanol–water partition coefficient (Wildman–Crippen LogP) is 1.78. The number of nitrogen functional groups attached to an aromatic ring is 1. The molecule has 0 spiro atoms. The lowest BCUT2D eigenvalue weighted by Gasteiger charge is -2.05. The molecule has 2 aromatic rings. The van der Waals surface area contributed by atoms with Crippen LogP contribution in [0.2, 0.25) is 0 Å². The van der Waals surface area contributed by atoms with Gasteiger partial charge in [-0.15, -0.1) is 0 Å². The fourth-order valence-corrected chi connectivity index (χ4v) is 1.16. The van der Waals surface area contributed by atoms with Gasteiger partial charge < -0.3 is 10.5 Å². The summed E-state index contributed by atoms with van der Waals surface area (Å²) >= 11 is 0. The van der Waals surface area contributed by atoms with E-state index in [-0.39, 0.29) is 11.7 Å². The Kier molecular flexibility index (Phi) is 2.95. The zero-order valence-electron chi connectivity index (χ0n) is 8.43. The number of aromatic nitrogens is 2. The number of rotatable bonds is 3. The van der Waals surface area contributed by atoms with Gasteiger partial charge in [-0.05, 0) is 5.56 Å². The molecule has 0 saturated carbocycles. The van der Waals surface area contributed by atoms with Crippen LogP contribution in [0.5, 0.6) is 5.88 Å². The minimum absolute atomic E-state index is 0.121. The molecule has 1 aromatic heterocycles. The topological polar surface area (TPSA) is 61.0 Å². The molecule has 2 N–H and O–H groups in total. The SMILES string of the molecule is Nc1ncc(OCc2ccccc2)nc1F. The first kappa shape index (κ1) is 10.4. The van der Waals surface area contributed by atoms with Gasteiger partial charge in [0.05, 0.1) is 6.20 Å². The Morgan fingerprint density at radius 3 is 2.69 bits per heavy atom. The highest BCUT2D eigenvalue weighted by atomic mass is 19.1. The van der Waals surface area contributed by atoms with E-state index in [1.54, 1.807) is 0 Å². The van der Waals surface area contributed by atoms with Crippen molar-refractivity contribution in [3.8, 4) is 5.88 Å². The van der Waals surface area contributed by atoms with Crippen molar-refractivity contribution in [1.82, 2.24) is 9.97 Å². The number of nitrogens with two attached hydrogens (primary N) is 1. The average molecular weight is 219 g/mol. The number of anilines is 1. The molecule has 0 unspecified atom stereocenters. The van der Waals surface area contributed by atoms with Crippen molar-refractivity contribution in [2.75, 3.05) is 5.73 Å². The first-order valence-corrected chi connectivity index (χ1v) is 4.70. The monoisotopic (exact) mass is 219 g/mol. The van der Waals surface area contributed by atoms with Crippen molar-refractivity contribution in [2.45, 2.75) is 6.61 Å². The Labute approximate surface area is 91.9 Å². The van der Waals surface area contributed by atoms with E-state index >= 15 is 0 Å². The van der Waals surface area contributed by atoms with Crippen LogP contribution in [0.4, 0.5) is 10.2 Å². The maximum absolute atomic E-state index is 12.9. The average Bonchev–Trinajstić information content (AvgIpc) is 2.32. The number of halogens is 1. The van der Waals surface area contributed by atoms with E-state index in [1.165, 1.54) is 6.20 Å². The third kappa shape index (κ3) is 2.44. The molecule has 0 saturated heterocycles. The summed E-state index contributed by atoms with van der Waals surface area (Å²) in [5.74, 6) is -0.923. The van der Waals surface area contributed by atoms with Crippen LogP contribution in [0, 0.1) is 5.95 Å². The summed E-state index contributed by atoms with van der Waals surface area (Å²) in [5, 5.41) is 0. The van der Waals surface area contributed by atoms with Gasteiger partial charge in [-0.2, -0.15) is 9.37 Å². The summed E-state index contributed by atoms with van der Waals surface area (Å²) in [6, 6.07) is 9.51. The molecule has 5 heteroatoms. The molecular formula is C11H10FN3O. The highest BCUT2D eigenvalue weighted by Gasteiger charge is 2.04. The van der Waals surface area contributed by atoms with Crippen molar-refractivity contribution in [1.29, 1.82) is 0 Å². The second-order valence-corrected chi connectivity index (χ2v) is 3.16. The number of hydrogen-bond acceptors (Lipinski definition) is 4. The lowest BCUT2D eigenvalue weighted by molar-refractivity contribution is 0.287. The number of nitrogens with zero attached hydrogens (tertiary/aromatic N) is 2. The molecule has 0 aliphatic carbocycles. The van der Waals surface area contributed by atoms with Gasteiger partial charge in [0.2, 0.25) is 5.88 Å². The van der Waals surface area contributed by atoms with Crippen molar-refractivity contribution in [3.05, 3.63) is 48.0 Å². The maximum atomic E-state index is 12.9. The minimum atomic E-state index is -0.814. The molecule has 0 fully saturated rings. The molecule has 82 valence electrons. The first-order valence-electron chi connectivity index (χ1n) is 4.70. The summed E-state index contributed by atoms with van der Waals surface area (Å²) in [6.07, 6.45) is 1.29. The van der Waals surface area contributed by atoms with Crippen LogP contribution in [0.15, 0.2) is 36.5 Å². The molecule has 1 heterocycles. The Morgan fingerprint density at radius 2 is 2.00 bits per heavy atom. The standard InChI is InChI=1S/C11H10FN3O/c12-10-11(13)14-6-9(15-10)16-7-8-4-2-1-3-5-8/h1-6H,7H2,(H2,13,14). The van der Waals surface area contributed by atoms with Gasteiger partial charge >= 0.3 is 0 Å². The summed E-state index contributed by atoms with van der Waals surface area (Å²) < 4.78 is 18.2. The molecule has 0 aliphatic heterocycles. The van der Waals surface area contributed by atoms with Crippen LogP contribution in [-0.2, 0) is 6.61 Å². The molecule has 0 amide bonds. The highest BCUT2D eigenvalue weighted by Crippen LogP contribution is 2.11. The Balaban J connectivity index is 2.03.